The lowest BCUT2D eigenvalue weighted by Gasteiger charge is -2.35. The van der Waals surface area contributed by atoms with Crippen molar-refractivity contribution in [1.82, 2.24) is 9.80 Å². The number of carboxylic acid groups (broad SMARTS) is 1. The average Bonchev–Trinajstić information content (AvgIpc) is 2.92. The van der Waals surface area contributed by atoms with Crippen molar-refractivity contribution in [3.63, 3.8) is 0 Å². The van der Waals surface area contributed by atoms with Crippen LogP contribution in [0.15, 0.2) is 0 Å². The summed E-state index contributed by atoms with van der Waals surface area (Å²) in [5.41, 5.74) is 0. The van der Waals surface area contributed by atoms with Crippen LogP contribution in [0, 0.1) is 5.92 Å². The lowest BCUT2D eigenvalue weighted by Crippen LogP contribution is -2.45. The van der Waals surface area contributed by atoms with Crippen LogP contribution < -0.4 is 0 Å². The second kappa shape index (κ2) is 7.38. The summed E-state index contributed by atoms with van der Waals surface area (Å²) in [7, 11) is 4.15. The van der Waals surface area contributed by atoms with E-state index in [2.05, 4.69) is 23.9 Å². The van der Waals surface area contributed by atoms with E-state index in [9.17, 15) is 4.79 Å². The molecule has 0 aromatic heterocycles. The van der Waals surface area contributed by atoms with Gasteiger partial charge in [-0.2, -0.15) is 0 Å². The number of hydrogen-bond acceptors (Lipinski definition) is 4. The fourth-order valence-corrected chi connectivity index (χ4v) is 3.25. The van der Waals surface area contributed by atoms with Crippen molar-refractivity contribution < 1.29 is 14.6 Å². The fraction of sp³-hybridized carbons (Fsp3) is 0.933. The third kappa shape index (κ3) is 4.43. The Morgan fingerprint density at radius 2 is 1.85 bits per heavy atom. The summed E-state index contributed by atoms with van der Waals surface area (Å²) in [4.78, 5) is 15.6. The number of hydrogen-bond donors (Lipinski definition) is 1. The van der Waals surface area contributed by atoms with Crippen LogP contribution in [-0.2, 0) is 9.53 Å². The van der Waals surface area contributed by atoms with Crippen molar-refractivity contribution in [1.29, 1.82) is 0 Å². The smallest absolute Gasteiger partial charge is 0.306 e. The molecule has 2 rings (SSSR count). The number of likely N-dealkylation sites (tertiary alicyclic amines) is 1. The Bertz CT molecular complexity index is 308. The summed E-state index contributed by atoms with van der Waals surface area (Å²) < 4.78 is 6.31. The monoisotopic (exact) mass is 284 g/mol. The van der Waals surface area contributed by atoms with E-state index in [0.717, 1.165) is 45.3 Å². The molecular formula is C15H28N2O3. The minimum atomic E-state index is -0.646. The third-order valence-electron chi connectivity index (χ3n) is 4.44. The van der Waals surface area contributed by atoms with Gasteiger partial charge in [-0.15, -0.1) is 0 Å². The predicted molar refractivity (Wildman–Crippen MR) is 77.6 cm³/mol. The van der Waals surface area contributed by atoms with Gasteiger partial charge in [-0.3, -0.25) is 9.69 Å². The molecule has 0 amide bonds. The van der Waals surface area contributed by atoms with Gasteiger partial charge in [0.1, 0.15) is 6.23 Å². The van der Waals surface area contributed by atoms with Gasteiger partial charge in [0.2, 0.25) is 0 Å². The Balaban J connectivity index is 1.83. The molecule has 1 atom stereocenters. The summed E-state index contributed by atoms with van der Waals surface area (Å²) in [6, 6.07) is 0. The summed E-state index contributed by atoms with van der Waals surface area (Å²) in [5, 5.41) is 9.04. The minimum Gasteiger partial charge on any atom is -0.481 e. The van der Waals surface area contributed by atoms with Crippen molar-refractivity contribution in [2.45, 2.75) is 50.9 Å². The zero-order valence-electron chi connectivity index (χ0n) is 12.8. The number of aliphatic carboxylic acids is 1. The SMILES string of the molecule is CN(C)CC(OC1CCC(C(=O)O)CC1)N1CCCC1. The molecule has 0 aromatic carbocycles. The first-order chi connectivity index (χ1) is 9.56. The molecular weight excluding hydrogens is 256 g/mol. The van der Waals surface area contributed by atoms with Crippen molar-refractivity contribution in [3.05, 3.63) is 0 Å². The molecule has 1 unspecified atom stereocenters. The minimum absolute atomic E-state index is 0.158. The molecule has 5 nitrogen and oxygen atoms in total. The van der Waals surface area contributed by atoms with Gasteiger partial charge in [0.15, 0.2) is 0 Å². The van der Waals surface area contributed by atoms with Crippen molar-refractivity contribution in [2.75, 3.05) is 33.7 Å². The standard InChI is InChI=1S/C15H28N2O3/c1-16(2)11-14(17-9-3-4-10-17)20-13-7-5-12(6-8-13)15(18)19/h12-14H,3-11H2,1-2H3,(H,18,19). The topological polar surface area (TPSA) is 53.0 Å². The summed E-state index contributed by atoms with van der Waals surface area (Å²) >= 11 is 0. The molecule has 1 saturated heterocycles. The highest BCUT2D eigenvalue weighted by Crippen LogP contribution is 2.28. The highest BCUT2D eigenvalue weighted by Gasteiger charge is 2.30. The number of carbonyl (C=O) groups is 1. The number of rotatable bonds is 6. The van der Waals surface area contributed by atoms with Gasteiger partial charge in [0, 0.05) is 19.6 Å². The van der Waals surface area contributed by atoms with E-state index in [-0.39, 0.29) is 18.2 Å². The van der Waals surface area contributed by atoms with Crippen molar-refractivity contribution in [3.8, 4) is 0 Å². The molecule has 0 aromatic rings. The zero-order chi connectivity index (χ0) is 14.5. The summed E-state index contributed by atoms with van der Waals surface area (Å²) in [6.45, 7) is 3.17. The Labute approximate surface area is 121 Å². The Kier molecular flexibility index (Phi) is 5.81. The van der Waals surface area contributed by atoms with Gasteiger partial charge < -0.3 is 14.7 Å². The molecule has 20 heavy (non-hydrogen) atoms. The average molecular weight is 284 g/mol. The second-order valence-electron chi connectivity index (χ2n) is 6.41. The van der Waals surface area contributed by atoms with Crippen LogP contribution in [0.2, 0.25) is 0 Å². The molecule has 5 heteroatoms. The van der Waals surface area contributed by atoms with Gasteiger partial charge in [-0.1, -0.05) is 0 Å². The maximum Gasteiger partial charge on any atom is 0.306 e. The molecule has 1 N–H and O–H groups in total. The summed E-state index contributed by atoms with van der Waals surface area (Å²) in [5.74, 6) is -0.804. The summed E-state index contributed by atoms with van der Waals surface area (Å²) in [6.07, 6.45) is 6.21. The van der Waals surface area contributed by atoms with Crippen LogP contribution in [0.3, 0.4) is 0 Å². The van der Waals surface area contributed by atoms with E-state index in [0.29, 0.717) is 0 Å². The highest BCUT2D eigenvalue weighted by molar-refractivity contribution is 5.70. The predicted octanol–water partition coefficient (Wildman–Crippen LogP) is 1.63. The molecule has 116 valence electrons. The number of nitrogens with zero attached hydrogens (tertiary/aromatic N) is 2. The van der Waals surface area contributed by atoms with Crippen LogP contribution in [0.1, 0.15) is 38.5 Å². The largest absolute Gasteiger partial charge is 0.481 e. The maximum absolute atomic E-state index is 11.0. The zero-order valence-corrected chi connectivity index (χ0v) is 12.8. The van der Waals surface area contributed by atoms with E-state index >= 15 is 0 Å². The number of ether oxygens (including phenoxy) is 1. The Morgan fingerprint density at radius 1 is 1.25 bits per heavy atom. The van der Waals surface area contributed by atoms with E-state index in [1.165, 1.54) is 12.8 Å². The first-order valence-electron chi connectivity index (χ1n) is 7.83. The van der Waals surface area contributed by atoms with E-state index in [4.69, 9.17) is 9.84 Å². The van der Waals surface area contributed by atoms with Gasteiger partial charge >= 0.3 is 5.97 Å². The fourth-order valence-electron chi connectivity index (χ4n) is 3.25. The van der Waals surface area contributed by atoms with Crippen LogP contribution in [0.5, 0.6) is 0 Å². The van der Waals surface area contributed by atoms with E-state index in [1.807, 2.05) is 0 Å². The molecule has 1 aliphatic heterocycles. The first kappa shape index (κ1) is 15.7. The number of carboxylic acids is 1. The molecule has 1 heterocycles. The van der Waals surface area contributed by atoms with Gasteiger partial charge in [0.05, 0.1) is 12.0 Å². The molecule has 2 aliphatic rings. The molecule has 0 bridgehead atoms. The molecule has 2 fully saturated rings. The lowest BCUT2D eigenvalue weighted by molar-refractivity contribution is -0.146. The molecule has 1 saturated carbocycles. The Morgan fingerprint density at radius 3 is 2.35 bits per heavy atom. The van der Waals surface area contributed by atoms with Gasteiger partial charge in [-0.25, -0.2) is 0 Å². The van der Waals surface area contributed by atoms with Gasteiger partial charge in [0.25, 0.3) is 0 Å². The second-order valence-corrected chi connectivity index (χ2v) is 6.41. The van der Waals surface area contributed by atoms with Gasteiger partial charge in [-0.05, 0) is 52.6 Å². The van der Waals surface area contributed by atoms with Crippen molar-refractivity contribution >= 4 is 5.97 Å². The van der Waals surface area contributed by atoms with Crippen molar-refractivity contribution in [2.24, 2.45) is 5.92 Å². The Hall–Kier alpha value is -0.650. The third-order valence-corrected chi connectivity index (χ3v) is 4.44. The van der Waals surface area contributed by atoms with Crippen LogP contribution >= 0.6 is 0 Å². The van der Waals surface area contributed by atoms with Crippen LogP contribution in [0.4, 0.5) is 0 Å². The quantitative estimate of drug-likeness (QED) is 0.803. The van der Waals surface area contributed by atoms with E-state index < -0.39 is 5.97 Å². The number of likely N-dealkylation sites (N-methyl/N-ethyl adjacent to an activating group) is 1. The van der Waals surface area contributed by atoms with E-state index in [1.54, 1.807) is 0 Å². The highest BCUT2D eigenvalue weighted by atomic mass is 16.5. The van der Waals surface area contributed by atoms with Crippen LogP contribution in [0.25, 0.3) is 0 Å². The molecule has 0 radical (unpaired) electrons. The first-order valence-corrected chi connectivity index (χ1v) is 7.83. The molecule has 1 aliphatic carbocycles. The maximum atomic E-state index is 11.0. The normalized spacial score (nSPS) is 29.8. The molecule has 0 spiro atoms. The van der Waals surface area contributed by atoms with Crippen LogP contribution in [-0.4, -0.2) is 66.9 Å². The lowest BCUT2D eigenvalue weighted by atomic mass is 9.87.